The van der Waals surface area contributed by atoms with Crippen molar-refractivity contribution < 1.29 is 0 Å². The molecule has 0 bridgehead atoms. The van der Waals surface area contributed by atoms with Gasteiger partial charge in [-0.05, 0) is 25.0 Å². The van der Waals surface area contributed by atoms with E-state index >= 15 is 0 Å². The third-order valence-electron chi connectivity index (χ3n) is 2.37. The topological polar surface area (TPSA) is 3.24 Å². The SMILES string of the molecule is C=S(=C)(C)N1CCC(C)CC1. The lowest BCUT2D eigenvalue weighted by molar-refractivity contribution is 0.308. The van der Waals surface area contributed by atoms with Gasteiger partial charge in [-0.2, -0.15) is 9.39 Å². The van der Waals surface area contributed by atoms with Crippen LogP contribution in [0.5, 0.6) is 0 Å². The number of rotatable bonds is 1. The van der Waals surface area contributed by atoms with E-state index in [1.165, 1.54) is 25.9 Å². The lowest BCUT2D eigenvalue weighted by Crippen LogP contribution is -2.29. The summed E-state index contributed by atoms with van der Waals surface area (Å²) in [5, 5.41) is 0. The Morgan fingerprint density at radius 2 is 1.73 bits per heavy atom. The van der Waals surface area contributed by atoms with Crippen LogP contribution in [-0.4, -0.2) is 35.4 Å². The highest BCUT2D eigenvalue weighted by Crippen LogP contribution is 2.27. The number of hydrogen-bond acceptors (Lipinski definition) is 1. The van der Waals surface area contributed by atoms with Gasteiger partial charge >= 0.3 is 0 Å². The number of nitrogens with zero attached hydrogens (tertiary/aromatic N) is 1. The van der Waals surface area contributed by atoms with Gasteiger partial charge in [0.2, 0.25) is 0 Å². The van der Waals surface area contributed by atoms with Crippen LogP contribution >= 0.6 is 9.39 Å². The molecule has 2 heteroatoms. The summed E-state index contributed by atoms with van der Waals surface area (Å²) in [4.78, 5) is 0. The van der Waals surface area contributed by atoms with E-state index in [0.717, 1.165) is 5.92 Å². The summed E-state index contributed by atoms with van der Waals surface area (Å²) in [5.74, 6) is 9.14. The minimum absolute atomic E-state index is 0.910. The summed E-state index contributed by atoms with van der Waals surface area (Å²) in [5.41, 5.74) is 0. The molecule has 1 fully saturated rings. The maximum atomic E-state index is 4.12. The van der Waals surface area contributed by atoms with Crippen LogP contribution in [-0.2, 0) is 0 Å². The van der Waals surface area contributed by atoms with Gasteiger partial charge in [-0.1, -0.05) is 18.7 Å². The zero-order valence-electron chi connectivity index (χ0n) is 7.68. The van der Waals surface area contributed by atoms with Crippen LogP contribution in [0.4, 0.5) is 0 Å². The summed E-state index contributed by atoms with van der Waals surface area (Å²) < 4.78 is 2.45. The zero-order valence-corrected chi connectivity index (χ0v) is 8.49. The summed E-state index contributed by atoms with van der Waals surface area (Å²) in [6.07, 6.45) is 4.82. The van der Waals surface area contributed by atoms with Crippen molar-refractivity contribution in [2.45, 2.75) is 19.8 Å². The number of hydrogen-bond donors (Lipinski definition) is 0. The molecular formula is C9H19NS. The van der Waals surface area contributed by atoms with Crippen LogP contribution in [0, 0.1) is 5.92 Å². The van der Waals surface area contributed by atoms with Crippen molar-refractivity contribution in [2.24, 2.45) is 5.92 Å². The lowest BCUT2D eigenvalue weighted by Gasteiger charge is -2.34. The van der Waals surface area contributed by atoms with E-state index < -0.39 is 9.39 Å². The predicted octanol–water partition coefficient (Wildman–Crippen LogP) is 1.93. The molecule has 66 valence electrons. The van der Waals surface area contributed by atoms with Crippen LogP contribution < -0.4 is 0 Å². The van der Waals surface area contributed by atoms with Gasteiger partial charge in [-0.25, -0.2) is 0 Å². The Bertz CT molecular complexity index is 208. The van der Waals surface area contributed by atoms with Crippen molar-refractivity contribution >= 4 is 21.1 Å². The minimum Gasteiger partial charge on any atom is -0.262 e. The molecule has 11 heavy (non-hydrogen) atoms. The average Bonchev–Trinajstić information content (AvgIpc) is 1.86. The van der Waals surface area contributed by atoms with Gasteiger partial charge in [0.25, 0.3) is 0 Å². The lowest BCUT2D eigenvalue weighted by atomic mass is 10.0. The van der Waals surface area contributed by atoms with E-state index in [1.807, 2.05) is 0 Å². The molecule has 1 aliphatic heterocycles. The fraction of sp³-hybridized carbons (Fsp3) is 0.778. The summed E-state index contributed by atoms with van der Waals surface area (Å²) in [7, 11) is -0.916. The Kier molecular flexibility index (Phi) is 2.66. The first-order valence-corrected chi connectivity index (χ1v) is 6.53. The summed E-state index contributed by atoms with van der Waals surface area (Å²) >= 11 is 0. The smallest absolute Gasteiger partial charge is 0.00823 e. The van der Waals surface area contributed by atoms with E-state index in [2.05, 4.69) is 29.2 Å². The standard InChI is InChI=1S/C9H19NS/c1-9-5-7-10(8-6-9)11(2,3)4/h9H,2-3,5-8H2,1,4H3. The van der Waals surface area contributed by atoms with Crippen LogP contribution in [0.25, 0.3) is 0 Å². The van der Waals surface area contributed by atoms with Gasteiger partial charge in [0.1, 0.15) is 0 Å². The molecule has 0 amide bonds. The summed E-state index contributed by atoms with van der Waals surface area (Å²) in [6, 6.07) is 0. The fourth-order valence-electron chi connectivity index (χ4n) is 1.43. The molecule has 1 heterocycles. The van der Waals surface area contributed by atoms with Gasteiger partial charge in [-0.15, -0.1) is 0 Å². The van der Waals surface area contributed by atoms with E-state index in [-0.39, 0.29) is 0 Å². The van der Waals surface area contributed by atoms with Gasteiger partial charge in [-0.3, -0.25) is 4.31 Å². The molecule has 0 atom stereocenters. The van der Waals surface area contributed by atoms with Crippen molar-refractivity contribution in [3.8, 4) is 0 Å². The molecule has 0 unspecified atom stereocenters. The molecule has 1 rings (SSSR count). The first kappa shape index (κ1) is 9.14. The molecular weight excluding hydrogens is 154 g/mol. The number of piperidine rings is 1. The van der Waals surface area contributed by atoms with Crippen molar-refractivity contribution in [3.63, 3.8) is 0 Å². The van der Waals surface area contributed by atoms with Gasteiger partial charge in [0.15, 0.2) is 0 Å². The van der Waals surface area contributed by atoms with E-state index in [9.17, 15) is 0 Å². The van der Waals surface area contributed by atoms with Crippen molar-refractivity contribution in [1.29, 1.82) is 0 Å². The molecule has 1 aliphatic rings. The normalized spacial score (nSPS) is 23.8. The van der Waals surface area contributed by atoms with Gasteiger partial charge in [0.05, 0.1) is 0 Å². The molecule has 0 aromatic carbocycles. The van der Waals surface area contributed by atoms with Crippen LogP contribution in [0.3, 0.4) is 0 Å². The second-order valence-electron chi connectivity index (χ2n) is 3.83. The van der Waals surface area contributed by atoms with Crippen molar-refractivity contribution in [1.82, 2.24) is 4.31 Å². The Morgan fingerprint density at radius 3 is 2.09 bits per heavy atom. The highest BCUT2D eigenvalue weighted by Gasteiger charge is 2.16. The fourth-order valence-corrected chi connectivity index (χ4v) is 2.52. The molecule has 0 saturated carbocycles. The van der Waals surface area contributed by atoms with E-state index in [1.54, 1.807) is 0 Å². The first-order valence-electron chi connectivity index (χ1n) is 4.19. The molecule has 0 aromatic heterocycles. The Morgan fingerprint density at radius 1 is 1.27 bits per heavy atom. The molecule has 0 aromatic rings. The molecule has 1 nitrogen and oxygen atoms in total. The minimum atomic E-state index is -0.916. The Balaban J connectivity index is 2.53. The Labute approximate surface area is 71.0 Å². The monoisotopic (exact) mass is 173 g/mol. The van der Waals surface area contributed by atoms with Crippen LogP contribution in [0.2, 0.25) is 0 Å². The van der Waals surface area contributed by atoms with E-state index in [0.29, 0.717) is 0 Å². The molecule has 0 spiro atoms. The second-order valence-corrected chi connectivity index (χ2v) is 6.79. The average molecular weight is 173 g/mol. The van der Waals surface area contributed by atoms with Crippen molar-refractivity contribution in [2.75, 3.05) is 19.3 Å². The third-order valence-corrected chi connectivity index (χ3v) is 3.98. The zero-order chi connectivity index (χ0) is 8.48. The Hall–Kier alpha value is 0.0500. The van der Waals surface area contributed by atoms with Crippen LogP contribution in [0.1, 0.15) is 19.8 Å². The first-order chi connectivity index (χ1) is 5.00. The van der Waals surface area contributed by atoms with Gasteiger partial charge in [0, 0.05) is 13.1 Å². The highest BCUT2D eigenvalue weighted by atomic mass is 32.2. The third kappa shape index (κ3) is 2.53. The molecule has 0 radical (unpaired) electrons. The molecule has 0 N–H and O–H groups in total. The van der Waals surface area contributed by atoms with Crippen molar-refractivity contribution in [3.05, 3.63) is 0 Å². The predicted molar refractivity (Wildman–Crippen MR) is 57.7 cm³/mol. The molecule has 1 saturated heterocycles. The second kappa shape index (κ2) is 3.20. The highest BCUT2D eigenvalue weighted by molar-refractivity contribution is 8.25. The maximum Gasteiger partial charge on any atom is 0.00823 e. The quantitative estimate of drug-likeness (QED) is 0.548. The largest absolute Gasteiger partial charge is 0.262 e. The summed E-state index contributed by atoms with van der Waals surface area (Å²) in [6.45, 7) is 4.75. The van der Waals surface area contributed by atoms with Gasteiger partial charge < -0.3 is 0 Å². The molecule has 0 aliphatic carbocycles. The van der Waals surface area contributed by atoms with E-state index in [4.69, 9.17) is 0 Å². The van der Waals surface area contributed by atoms with Crippen LogP contribution in [0.15, 0.2) is 0 Å². The maximum absolute atomic E-state index is 4.12.